The summed E-state index contributed by atoms with van der Waals surface area (Å²) < 4.78 is 0. The molecule has 4 heteroatoms. The fourth-order valence-electron chi connectivity index (χ4n) is 1.14. The molecule has 13 heavy (non-hydrogen) atoms. The van der Waals surface area contributed by atoms with E-state index in [9.17, 15) is 0 Å². The fourth-order valence-corrected chi connectivity index (χ4v) is 1.70. The lowest BCUT2D eigenvalue weighted by Crippen LogP contribution is -1.89. The topological polar surface area (TPSA) is 64.9 Å². The number of para-hydroxylation sites is 1. The molecule has 0 aliphatic rings. The molecule has 0 atom stereocenters. The molecule has 3 nitrogen and oxygen atoms in total. The molecule has 0 radical (unpaired) electrons. The number of rotatable bonds is 1. The first-order valence-corrected chi connectivity index (χ1v) is 4.71. The number of nitrogens with zero attached hydrogens (tertiary/aromatic N) is 1. The van der Waals surface area contributed by atoms with E-state index in [2.05, 4.69) is 4.98 Å². The van der Waals surface area contributed by atoms with Crippen LogP contribution in [0.2, 0.25) is 0 Å². The zero-order valence-electron chi connectivity index (χ0n) is 6.90. The summed E-state index contributed by atoms with van der Waals surface area (Å²) in [4.78, 5) is 4.16. The van der Waals surface area contributed by atoms with Crippen LogP contribution in [0.5, 0.6) is 0 Å². The highest BCUT2D eigenvalue weighted by Crippen LogP contribution is 2.27. The average Bonchev–Trinajstić information content (AvgIpc) is 2.53. The summed E-state index contributed by atoms with van der Waals surface area (Å²) in [6.45, 7) is 0. The van der Waals surface area contributed by atoms with Gasteiger partial charge in [-0.1, -0.05) is 18.2 Å². The van der Waals surface area contributed by atoms with Gasteiger partial charge in [0.05, 0.1) is 5.69 Å². The summed E-state index contributed by atoms with van der Waals surface area (Å²) in [7, 11) is 0. The van der Waals surface area contributed by atoms with Gasteiger partial charge in [-0.25, -0.2) is 4.98 Å². The quantitative estimate of drug-likeness (QED) is 0.677. The summed E-state index contributed by atoms with van der Waals surface area (Å²) in [5.41, 5.74) is 13.8. The van der Waals surface area contributed by atoms with Gasteiger partial charge in [-0.3, -0.25) is 0 Å². The van der Waals surface area contributed by atoms with Gasteiger partial charge in [0.15, 0.2) is 5.13 Å². The number of aromatic nitrogens is 1. The minimum Gasteiger partial charge on any atom is -0.398 e. The van der Waals surface area contributed by atoms with E-state index < -0.39 is 0 Å². The third-order valence-electron chi connectivity index (χ3n) is 1.76. The number of benzene rings is 1. The number of thiazole rings is 1. The van der Waals surface area contributed by atoms with Gasteiger partial charge in [0, 0.05) is 16.6 Å². The van der Waals surface area contributed by atoms with Gasteiger partial charge in [0.2, 0.25) is 0 Å². The Labute approximate surface area is 80.0 Å². The highest BCUT2D eigenvalue weighted by molar-refractivity contribution is 7.13. The third kappa shape index (κ3) is 1.48. The lowest BCUT2D eigenvalue weighted by molar-refractivity contribution is 1.41. The van der Waals surface area contributed by atoms with Crippen LogP contribution in [-0.4, -0.2) is 4.98 Å². The summed E-state index contributed by atoms with van der Waals surface area (Å²) in [5.74, 6) is 0. The van der Waals surface area contributed by atoms with Crippen molar-refractivity contribution in [3.8, 4) is 11.3 Å². The van der Waals surface area contributed by atoms with Gasteiger partial charge in [0.1, 0.15) is 0 Å². The maximum Gasteiger partial charge on any atom is 0.180 e. The molecule has 2 rings (SSSR count). The second kappa shape index (κ2) is 3.06. The molecular formula is C9H9N3S. The molecule has 4 N–H and O–H groups in total. The maximum absolute atomic E-state index is 5.79. The van der Waals surface area contributed by atoms with Crippen molar-refractivity contribution in [2.24, 2.45) is 0 Å². The molecule has 1 aromatic heterocycles. The monoisotopic (exact) mass is 191 g/mol. The minimum atomic E-state index is 0.568. The van der Waals surface area contributed by atoms with E-state index in [-0.39, 0.29) is 0 Å². The van der Waals surface area contributed by atoms with Crippen molar-refractivity contribution < 1.29 is 0 Å². The van der Waals surface area contributed by atoms with Gasteiger partial charge >= 0.3 is 0 Å². The van der Waals surface area contributed by atoms with Crippen LogP contribution < -0.4 is 11.5 Å². The van der Waals surface area contributed by atoms with Gasteiger partial charge in [0.25, 0.3) is 0 Å². The first-order chi connectivity index (χ1) is 6.27. The van der Waals surface area contributed by atoms with Crippen LogP contribution in [0, 0.1) is 0 Å². The molecule has 0 aliphatic heterocycles. The van der Waals surface area contributed by atoms with E-state index >= 15 is 0 Å². The van der Waals surface area contributed by atoms with Crippen molar-refractivity contribution in [1.82, 2.24) is 4.98 Å². The lowest BCUT2D eigenvalue weighted by Gasteiger charge is -1.99. The molecule has 0 aliphatic carbocycles. The molecule has 0 saturated carbocycles. The van der Waals surface area contributed by atoms with Crippen LogP contribution in [0.3, 0.4) is 0 Å². The first-order valence-electron chi connectivity index (χ1n) is 3.83. The summed E-state index contributed by atoms with van der Waals surface area (Å²) in [5, 5.41) is 2.47. The molecular weight excluding hydrogens is 182 g/mol. The predicted octanol–water partition coefficient (Wildman–Crippen LogP) is 1.97. The van der Waals surface area contributed by atoms with Crippen LogP contribution in [-0.2, 0) is 0 Å². The fraction of sp³-hybridized carbons (Fsp3) is 0. The van der Waals surface area contributed by atoms with E-state index in [1.54, 1.807) is 0 Å². The van der Waals surface area contributed by atoms with Crippen LogP contribution >= 0.6 is 11.3 Å². The molecule has 0 amide bonds. The van der Waals surface area contributed by atoms with Crippen LogP contribution in [0.1, 0.15) is 0 Å². The number of hydrogen-bond acceptors (Lipinski definition) is 4. The highest BCUT2D eigenvalue weighted by Gasteiger charge is 2.04. The summed E-state index contributed by atoms with van der Waals surface area (Å²) in [6.07, 6.45) is 0. The van der Waals surface area contributed by atoms with E-state index in [0.29, 0.717) is 5.13 Å². The first kappa shape index (κ1) is 8.07. The van der Waals surface area contributed by atoms with Gasteiger partial charge in [-0.2, -0.15) is 0 Å². The third-order valence-corrected chi connectivity index (χ3v) is 2.43. The lowest BCUT2D eigenvalue weighted by atomic mass is 10.1. The van der Waals surface area contributed by atoms with Gasteiger partial charge < -0.3 is 11.5 Å². The van der Waals surface area contributed by atoms with Crippen molar-refractivity contribution in [2.75, 3.05) is 11.5 Å². The SMILES string of the molecule is Nc1nc(-c2ccccc2N)cs1. The minimum absolute atomic E-state index is 0.568. The Hall–Kier alpha value is -1.55. The summed E-state index contributed by atoms with van der Waals surface area (Å²) in [6, 6.07) is 7.62. The molecule has 1 aromatic carbocycles. The Balaban J connectivity index is 2.52. The molecule has 0 spiro atoms. The standard InChI is InChI=1S/C9H9N3S/c10-7-4-2-1-3-6(7)8-5-13-9(11)12-8/h1-5H,10H2,(H2,11,12). The normalized spacial score (nSPS) is 10.2. The van der Waals surface area contributed by atoms with E-state index in [1.807, 2.05) is 29.6 Å². The average molecular weight is 191 g/mol. The predicted molar refractivity (Wildman–Crippen MR) is 56.4 cm³/mol. The Bertz CT molecular complexity index is 422. The molecule has 0 bridgehead atoms. The van der Waals surface area contributed by atoms with Crippen LogP contribution in [0.25, 0.3) is 11.3 Å². The second-order valence-corrected chi connectivity index (χ2v) is 3.55. The van der Waals surface area contributed by atoms with Crippen LogP contribution in [0.4, 0.5) is 10.8 Å². The number of nitrogens with two attached hydrogens (primary N) is 2. The van der Waals surface area contributed by atoms with Crippen molar-refractivity contribution >= 4 is 22.2 Å². The number of nitrogen functional groups attached to an aromatic ring is 2. The zero-order valence-corrected chi connectivity index (χ0v) is 7.71. The van der Waals surface area contributed by atoms with Crippen molar-refractivity contribution in [2.45, 2.75) is 0 Å². The largest absolute Gasteiger partial charge is 0.398 e. The number of hydrogen-bond donors (Lipinski definition) is 2. The van der Waals surface area contributed by atoms with E-state index in [1.165, 1.54) is 11.3 Å². The van der Waals surface area contributed by atoms with Crippen molar-refractivity contribution in [3.63, 3.8) is 0 Å². The Morgan fingerprint density at radius 2 is 1.92 bits per heavy atom. The second-order valence-electron chi connectivity index (χ2n) is 2.66. The Kier molecular flexibility index (Phi) is 1.90. The molecule has 0 saturated heterocycles. The molecule has 0 fully saturated rings. The maximum atomic E-state index is 5.79. The van der Waals surface area contributed by atoms with Crippen LogP contribution in [0.15, 0.2) is 29.6 Å². The molecule has 1 heterocycles. The van der Waals surface area contributed by atoms with Gasteiger partial charge in [-0.15, -0.1) is 11.3 Å². The Morgan fingerprint density at radius 1 is 1.15 bits per heavy atom. The van der Waals surface area contributed by atoms with Gasteiger partial charge in [-0.05, 0) is 6.07 Å². The number of anilines is 2. The van der Waals surface area contributed by atoms with Crippen molar-refractivity contribution in [1.29, 1.82) is 0 Å². The van der Waals surface area contributed by atoms with E-state index in [4.69, 9.17) is 11.5 Å². The smallest absolute Gasteiger partial charge is 0.180 e. The van der Waals surface area contributed by atoms with Crippen molar-refractivity contribution in [3.05, 3.63) is 29.6 Å². The molecule has 2 aromatic rings. The highest BCUT2D eigenvalue weighted by atomic mass is 32.1. The molecule has 0 unspecified atom stereocenters. The molecule has 66 valence electrons. The Morgan fingerprint density at radius 3 is 2.54 bits per heavy atom. The zero-order chi connectivity index (χ0) is 9.26. The summed E-state index contributed by atoms with van der Waals surface area (Å²) >= 11 is 1.42. The van der Waals surface area contributed by atoms with E-state index in [0.717, 1.165) is 16.9 Å².